The molecule has 4 atom stereocenters. The molecule has 2 heterocycles. The van der Waals surface area contributed by atoms with Crippen LogP contribution in [-0.2, 0) is 23.8 Å². The number of unbranched alkanes of at least 4 members (excludes halogenated alkanes) is 1. The van der Waals surface area contributed by atoms with Gasteiger partial charge in [0, 0.05) is 0 Å². The number of aliphatic hydroxyl groups is 1. The molecule has 0 bridgehead atoms. The first-order valence-corrected chi connectivity index (χ1v) is 6.60. The van der Waals surface area contributed by atoms with Crippen molar-refractivity contribution in [2.24, 2.45) is 0 Å². The molecular formula is C11H17NO9. The van der Waals surface area contributed by atoms with Crippen LogP contribution in [0, 0.1) is 10.1 Å². The Morgan fingerprint density at radius 1 is 1.24 bits per heavy atom. The van der Waals surface area contributed by atoms with Crippen molar-refractivity contribution in [2.45, 2.75) is 37.3 Å². The Bertz CT molecular complexity index is 377. The number of carbonyl (C=O) groups excluding carboxylic acids is 1. The van der Waals surface area contributed by atoms with E-state index in [0.717, 1.165) is 0 Å². The number of hydrogen-bond donors (Lipinski definition) is 1. The summed E-state index contributed by atoms with van der Waals surface area (Å²) in [5.74, 6) is 0. The van der Waals surface area contributed by atoms with Gasteiger partial charge in [-0.25, -0.2) is 4.79 Å². The van der Waals surface area contributed by atoms with Crippen molar-refractivity contribution in [3.63, 3.8) is 0 Å². The lowest BCUT2D eigenvalue weighted by Crippen LogP contribution is -2.34. The Labute approximate surface area is 120 Å². The normalized spacial score (nSPS) is 30.7. The van der Waals surface area contributed by atoms with Crippen LogP contribution in [0.1, 0.15) is 12.8 Å². The lowest BCUT2D eigenvalue weighted by molar-refractivity contribution is -0.757. The number of fused-ring (bicyclic) bond motifs is 1. The van der Waals surface area contributed by atoms with Gasteiger partial charge < -0.3 is 28.9 Å². The highest BCUT2D eigenvalue weighted by Gasteiger charge is 2.49. The zero-order chi connectivity index (χ0) is 15.2. The standard InChI is InChI=1S/C11H17NO9/c13-7-5-18-10-8(6-19-9(7)10)21-11(14)17-3-1-2-4-20-12(15)16/h7-10,13H,1-6H2/t7-,8-,9-,10-/m1/s1. The highest BCUT2D eigenvalue weighted by atomic mass is 16.9. The Balaban J connectivity index is 1.57. The molecule has 21 heavy (non-hydrogen) atoms. The van der Waals surface area contributed by atoms with Crippen molar-refractivity contribution in [1.82, 2.24) is 0 Å². The maximum Gasteiger partial charge on any atom is 0.508 e. The maximum absolute atomic E-state index is 11.5. The highest BCUT2D eigenvalue weighted by Crippen LogP contribution is 2.28. The average Bonchev–Trinajstić information content (AvgIpc) is 2.98. The Morgan fingerprint density at radius 2 is 1.95 bits per heavy atom. The van der Waals surface area contributed by atoms with Gasteiger partial charge >= 0.3 is 6.16 Å². The Kier molecular flexibility index (Phi) is 5.53. The summed E-state index contributed by atoms with van der Waals surface area (Å²) in [6, 6.07) is 0. The zero-order valence-corrected chi connectivity index (χ0v) is 11.2. The van der Waals surface area contributed by atoms with Crippen molar-refractivity contribution in [1.29, 1.82) is 0 Å². The molecule has 10 nitrogen and oxygen atoms in total. The molecule has 0 saturated carbocycles. The number of nitrogens with zero attached hydrogens (tertiary/aromatic N) is 1. The van der Waals surface area contributed by atoms with Crippen LogP contribution in [0.15, 0.2) is 0 Å². The fourth-order valence-corrected chi connectivity index (χ4v) is 2.20. The van der Waals surface area contributed by atoms with Crippen LogP contribution in [0.25, 0.3) is 0 Å². The van der Waals surface area contributed by atoms with E-state index in [4.69, 9.17) is 18.9 Å². The van der Waals surface area contributed by atoms with Gasteiger partial charge in [-0.2, -0.15) is 0 Å². The molecule has 1 N–H and O–H groups in total. The third kappa shape index (κ3) is 4.41. The minimum Gasteiger partial charge on any atom is -0.434 e. The van der Waals surface area contributed by atoms with E-state index in [2.05, 4.69) is 4.84 Å². The van der Waals surface area contributed by atoms with E-state index in [1.165, 1.54) is 0 Å². The summed E-state index contributed by atoms with van der Waals surface area (Å²) in [4.78, 5) is 25.4. The molecule has 0 unspecified atom stereocenters. The molecule has 0 aliphatic carbocycles. The largest absolute Gasteiger partial charge is 0.508 e. The van der Waals surface area contributed by atoms with Crippen molar-refractivity contribution < 1.29 is 38.8 Å². The van der Waals surface area contributed by atoms with Crippen LogP contribution in [0.2, 0.25) is 0 Å². The Hall–Kier alpha value is -1.65. The third-order valence-electron chi connectivity index (χ3n) is 3.18. The first-order chi connectivity index (χ1) is 10.1. The fourth-order valence-electron chi connectivity index (χ4n) is 2.20. The summed E-state index contributed by atoms with van der Waals surface area (Å²) in [6.07, 6.45) is -2.29. The van der Waals surface area contributed by atoms with E-state index in [-0.39, 0.29) is 26.4 Å². The molecule has 120 valence electrons. The first kappa shape index (κ1) is 15.7. The number of hydrogen-bond acceptors (Lipinski definition) is 9. The molecule has 10 heteroatoms. The monoisotopic (exact) mass is 307 g/mol. The molecule has 2 rings (SSSR count). The van der Waals surface area contributed by atoms with Gasteiger partial charge in [0.1, 0.15) is 18.3 Å². The predicted molar refractivity (Wildman–Crippen MR) is 63.9 cm³/mol. The van der Waals surface area contributed by atoms with E-state index in [1.807, 2.05) is 0 Å². The van der Waals surface area contributed by atoms with Gasteiger partial charge in [-0.3, -0.25) is 0 Å². The number of carbonyl (C=O) groups is 1. The van der Waals surface area contributed by atoms with Crippen LogP contribution in [-0.4, -0.2) is 67.2 Å². The molecule has 0 amide bonds. The van der Waals surface area contributed by atoms with E-state index < -0.39 is 35.7 Å². The van der Waals surface area contributed by atoms with Gasteiger partial charge in [0.25, 0.3) is 5.09 Å². The van der Waals surface area contributed by atoms with E-state index in [1.54, 1.807) is 0 Å². The highest BCUT2D eigenvalue weighted by molar-refractivity contribution is 5.60. The van der Waals surface area contributed by atoms with Crippen molar-refractivity contribution in [3.8, 4) is 0 Å². The molecule has 2 aliphatic heterocycles. The van der Waals surface area contributed by atoms with Gasteiger partial charge in [-0.1, -0.05) is 0 Å². The van der Waals surface area contributed by atoms with Gasteiger partial charge in [0.05, 0.1) is 26.4 Å². The van der Waals surface area contributed by atoms with Crippen molar-refractivity contribution in [3.05, 3.63) is 10.1 Å². The summed E-state index contributed by atoms with van der Waals surface area (Å²) in [6.45, 7) is 0.335. The van der Waals surface area contributed by atoms with Crippen molar-refractivity contribution in [2.75, 3.05) is 26.4 Å². The number of aliphatic hydroxyl groups excluding tert-OH is 1. The number of rotatable bonds is 7. The molecule has 0 radical (unpaired) electrons. The SMILES string of the molecule is O=C(OCCCCO[N+](=O)[O-])O[C@@H]1CO[C@H]2[C@@H]1OC[C@H]2O. The summed E-state index contributed by atoms with van der Waals surface area (Å²) in [5.41, 5.74) is 0. The molecule has 0 aromatic rings. The average molecular weight is 307 g/mol. The second kappa shape index (κ2) is 7.38. The van der Waals surface area contributed by atoms with E-state index in [0.29, 0.717) is 12.8 Å². The molecule has 0 aromatic heterocycles. The number of ether oxygens (including phenoxy) is 4. The molecule has 2 aliphatic rings. The minimum absolute atomic E-state index is 0.0443. The molecular weight excluding hydrogens is 290 g/mol. The van der Waals surface area contributed by atoms with Gasteiger partial charge in [-0.15, -0.1) is 10.1 Å². The lowest BCUT2D eigenvalue weighted by atomic mass is 10.1. The second-order valence-electron chi connectivity index (χ2n) is 4.68. The van der Waals surface area contributed by atoms with Gasteiger partial charge in [-0.05, 0) is 12.8 Å². The summed E-state index contributed by atoms with van der Waals surface area (Å²) >= 11 is 0. The van der Waals surface area contributed by atoms with E-state index >= 15 is 0 Å². The van der Waals surface area contributed by atoms with Crippen LogP contribution >= 0.6 is 0 Å². The Morgan fingerprint density at radius 3 is 2.71 bits per heavy atom. The summed E-state index contributed by atoms with van der Waals surface area (Å²) < 4.78 is 20.5. The molecule has 0 spiro atoms. The second-order valence-corrected chi connectivity index (χ2v) is 4.68. The van der Waals surface area contributed by atoms with Crippen LogP contribution in [0.3, 0.4) is 0 Å². The quantitative estimate of drug-likeness (QED) is 0.290. The van der Waals surface area contributed by atoms with Crippen LogP contribution < -0.4 is 0 Å². The summed E-state index contributed by atoms with van der Waals surface area (Å²) in [5, 5.41) is 18.5. The molecule has 2 saturated heterocycles. The first-order valence-electron chi connectivity index (χ1n) is 6.60. The lowest BCUT2D eigenvalue weighted by Gasteiger charge is -2.16. The third-order valence-corrected chi connectivity index (χ3v) is 3.18. The van der Waals surface area contributed by atoms with Crippen LogP contribution in [0.4, 0.5) is 4.79 Å². The molecule has 0 aromatic carbocycles. The minimum atomic E-state index is -0.873. The maximum atomic E-state index is 11.5. The van der Waals surface area contributed by atoms with E-state index in [9.17, 15) is 20.0 Å². The van der Waals surface area contributed by atoms with Crippen LogP contribution in [0.5, 0.6) is 0 Å². The van der Waals surface area contributed by atoms with Gasteiger partial charge in [0.2, 0.25) is 0 Å². The summed E-state index contributed by atoms with van der Waals surface area (Å²) in [7, 11) is 0. The smallest absolute Gasteiger partial charge is 0.434 e. The zero-order valence-electron chi connectivity index (χ0n) is 11.2. The predicted octanol–water partition coefficient (Wildman–Crippen LogP) is -0.345. The van der Waals surface area contributed by atoms with Crippen molar-refractivity contribution >= 4 is 6.16 Å². The molecule has 2 fully saturated rings. The topological polar surface area (TPSA) is 127 Å². The fraction of sp³-hybridized carbons (Fsp3) is 0.909. The van der Waals surface area contributed by atoms with Gasteiger partial charge in [0.15, 0.2) is 6.10 Å².